The van der Waals surface area contributed by atoms with Crippen LogP contribution in [0.1, 0.15) is 29.7 Å². The number of hydrogen-bond donors (Lipinski definition) is 1. The average Bonchev–Trinajstić information content (AvgIpc) is 2.77. The fourth-order valence-electron chi connectivity index (χ4n) is 3.13. The molecule has 0 saturated carbocycles. The molecule has 1 N–H and O–H groups in total. The Morgan fingerprint density at radius 3 is 2.43 bits per heavy atom. The van der Waals surface area contributed by atoms with Crippen molar-refractivity contribution in [1.82, 2.24) is 5.32 Å². The van der Waals surface area contributed by atoms with E-state index < -0.39 is 0 Å². The van der Waals surface area contributed by atoms with Crippen LogP contribution in [0.2, 0.25) is 0 Å². The maximum Gasteiger partial charge on any atom is 0.126 e. The standard InChI is InChI=1S/C24H24N2O2/c1-17(20-8-10-22(27-2)11-9-20)26-16-19-7-12-24(28-3)23(14-19)21-6-4-5-18(13-21)15-25/h4-14,17,26H,16H2,1-3H3. The summed E-state index contributed by atoms with van der Waals surface area (Å²) < 4.78 is 10.7. The van der Waals surface area contributed by atoms with Gasteiger partial charge in [0.1, 0.15) is 11.5 Å². The number of ether oxygens (including phenoxy) is 2. The van der Waals surface area contributed by atoms with Gasteiger partial charge in [-0.05, 0) is 60.0 Å². The molecule has 142 valence electrons. The van der Waals surface area contributed by atoms with Gasteiger partial charge in [-0.15, -0.1) is 0 Å². The van der Waals surface area contributed by atoms with Crippen LogP contribution in [0.3, 0.4) is 0 Å². The number of nitrogens with zero attached hydrogens (tertiary/aromatic N) is 1. The van der Waals surface area contributed by atoms with Crippen molar-refractivity contribution in [2.75, 3.05) is 14.2 Å². The van der Waals surface area contributed by atoms with Gasteiger partial charge in [0.15, 0.2) is 0 Å². The normalized spacial score (nSPS) is 11.5. The first-order valence-electron chi connectivity index (χ1n) is 9.19. The van der Waals surface area contributed by atoms with Crippen LogP contribution in [0, 0.1) is 11.3 Å². The predicted octanol–water partition coefficient (Wildman–Crippen LogP) is 5.09. The Labute approximate surface area is 166 Å². The SMILES string of the molecule is COc1ccc(C(C)NCc2ccc(OC)c(-c3cccc(C#N)c3)c2)cc1. The molecule has 0 fully saturated rings. The summed E-state index contributed by atoms with van der Waals surface area (Å²) in [6, 6.07) is 24.2. The molecule has 0 heterocycles. The second-order valence-corrected chi connectivity index (χ2v) is 6.60. The van der Waals surface area contributed by atoms with Crippen LogP contribution in [0.5, 0.6) is 11.5 Å². The summed E-state index contributed by atoms with van der Waals surface area (Å²) in [6.45, 7) is 2.87. The zero-order valence-electron chi connectivity index (χ0n) is 16.4. The Morgan fingerprint density at radius 1 is 0.964 bits per heavy atom. The van der Waals surface area contributed by atoms with Crippen molar-refractivity contribution >= 4 is 0 Å². The van der Waals surface area contributed by atoms with E-state index in [9.17, 15) is 5.26 Å². The Hall–Kier alpha value is -3.29. The van der Waals surface area contributed by atoms with Crippen molar-refractivity contribution in [2.45, 2.75) is 19.5 Å². The highest BCUT2D eigenvalue weighted by Gasteiger charge is 2.10. The van der Waals surface area contributed by atoms with E-state index in [2.05, 4.69) is 42.6 Å². The number of nitriles is 1. The summed E-state index contributed by atoms with van der Waals surface area (Å²) in [4.78, 5) is 0. The van der Waals surface area contributed by atoms with Crippen molar-refractivity contribution in [2.24, 2.45) is 0 Å². The maximum atomic E-state index is 9.18. The number of nitrogens with one attached hydrogen (secondary N) is 1. The molecule has 3 aromatic rings. The van der Waals surface area contributed by atoms with Crippen LogP contribution in [0.25, 0.3) is 11.1 Å². The predicted molar refractivity (Wildman–Crippen MR) is 111 cm³/mol. The van der Waals surface area contributed by atoms with Gasteiger partial charge in [-0.3, -0.25) is 0 Å². The van der Waals surface area contributed by atoms with Crippen molar-refractivity contribution in [3.63, 3.8) is 0 Å². The monoisotopic (exact) mass is 372 g/mol. The van der Waals surface area contributed by atoms with Crippen LogP contribution in [0.15, 0.2) is 66.7 Å². The van der Waals surface area contributed by atoms with E-state index >= 15 is 0 Å². The van der Waals surface area contributed by atoms with E-state index in [1.165, 1.54) is 5.56 Å². The minimum atomic E-state index is 0.207. The third-order valence-corrected chi connectivity index (χ3v) is 4.79. The second kappa shape index (κ2) is 9.07. The van der Waals surface area contributed by atoms with Crippen molar-refractivity contribution in [3.8, 4) is 28.7 Å². The van der Waals surface area contributed by atoms with E-state index in [0.29, 0.717) is 5.56 Å². The molecule has 0 aliphatic heterocycles. The summed E-state index contributed by atoms with van der Waals surface area (Å²) in [7, 11) is 3.33. The van der Waals surface area contributed by atoms with E-state index in [0.717, 1.165) is 34.7 Å². The highest BCUT2D eigenvalue weighted by atomic mass is 16.5. The molecule has 3 aromatic carbocycles. The number of methoxy groups -OCH3 is 2. The van der Waals surface area contributed by atoms with Gasteiger partial charge in [0, 0.05) is 18.2 Å². The van der Waals surface area contributed by atoms with Gasteiger partial charge in [-0.25, -0.2) is 0 Å². The molecule has 28 heavy (non-hydrogen) atoms. The zero-order valence-corrected chi connectivity index (χ0v) is 16.4. The van der Waals surface area contributed by atoms with Gasteiger partial charge in [-0.2, -0.15) is 5.26 Å². The Balaban J connectivity index is 1.78. The first-order chi connectivity index (χ1) is 13.6. The van der Waals surface area contributed by atoms with Gasteiger partial charge in [0.25, 0.3) is 0 Å². The van der Waals surface area contributed by atoms with Gasteiger partial charge in [-0.1, -0.05) is 30.3 Å². The summed E-state index contributed by atoms with van der Waals surface area (Å²) in [5.74, 6) is 1.65. The quantitative estimate of drug-likeness (QED) is 0.627. The Morgan fingerprint density at radius 2 is 1.75 bits per heavy atom. The second-order valence-electron chi connectivity index (χ2n) is 6.60. The highest BCUT2D eigenvalue weighted by molar-refractivity contribution is 5.72. The fraction of sp³-hybridized carbons (Fsp3) is 0.208. The van der Waals surface area contributed by atoms with Crippen LogP contribution >= 0.6 is 0 Å². The van der Waals surface area contributed by atoms with Gasteiger partial charge in [0.2, 0.25) is 0 Å². The molecule has 4 heteroatoms. The van der Waals surface area contributed by atoms with Crippen LogP contribution < -0.4 is 14.8 Å². The molecule has 4 nitrogen and oxygen atoms in total. The first kappa shape index (κ1) is 19.5. The minimum Gasteiger partial charge on any atom is -0.497 e. The molecule has 3 rings (SSSR count). The molecule has 0 aromatic heterocycles. The molecule has 0 aliphatic rings. The van der Waals surface area contributed by atoms with Gasteiger partial charge < -0.3 is 14.8 Å². The van der Waals surface area contributed by atoms with E-state index in [1.807, 2.05) is 36.4 Å². The molecular weight excluding hydrogens is 348 g/mol. The maximum absolute atomic E-state index is 9.18. The molecule has 0 saturated heterocycles. The summed E-state index contributed by atoms with van der Waals surface area (Å²) in [5, 5.41) is 12.7. The van der Waals surface area contributed by atoms with Crippen LogP contribution in [0.4, 0.5) is 0 Å². The third kappa shape index (κ3) is 4.51. The molecule has 0 spiro atoms. The van der Waals surface area contributed by atoms with Crippen molar-refractivity contribution in [1.29, 1.82) is 5.26 Å². The topological polar surface area (TPSA) is 54.3 Å². The largest absolute Gasteiger partial charge is 0.497 e. The van der Waals surface area contributed by atoms with Crippen molar-refractivity contribution in [3.05, 3.63) is 83.4 Å². The molecule has 0 bridgehead atoms. The Bertz CT molecular complexity index is 975. The van der Waals surface area contributed by atoms with Gasteiger partial charge in [0.05, 0.1) is 25.9 Å². The zero-order chi connectivity index (χ0) is 19.9. The molecule has 0 radical (unpaired) electrons. The lowest BCUT2D eigenvalue weighted by molar-refractivity contribution is 0.414. The van der Waals surface area contributed by atoms with Crippen molar-refractivity contribution < 1.29 is 9.47 Å². The number of rotatable bonds is 7. The number of hydrogen-bond acceptors (Lipinski definition) is 4. The van der Waals surface area contributed by atoms with E-state index in [1.54, 1.807) is 20.3 Å². The average molecular weight is 372 g/mol. The molecule has 0 amide bonds. The lowest BCUT2D eigenvalue weighted by Gasteiger charge is -2.16. The molecule has 1 unspecified atom stereocenters. The minimum absolute atomic E-state index is 0.207. The highest BCUT2D eigenvalue weighted by Crippen LogP contribution is 2.31. The summed E-state index contributed by atoms with van der Waals surface area (Å²) in [5.41, 5.74) is 4.95. The molecular formula is C24H24N2O2. The number of benzene rings is 3. The smallest absolute Gasteiger partial charge is 0.126 e. The Kier molecular flexibility index (Phi) is 6.31. The molecule has 0 aliphatic carbocycles. The lowest BCUT2D eigenvalue weighted by atomic mass is 10.00. The van der Waals surface area contributed by atoms with Gasteiger partial charge >= 0.3 is 0 Å². The van der Waals surface area contributed by atoms with E-state index in [-0.39, 0.29) is 6.04 Å². The molecule has 1 atom stereocenters. The van der Waals surface area contributed by atoms with Crippen LogP contribution in [-0.4, -0.2) is 14.2 Å². The first-order valence-corrected chi connectivity index (χ1v) is 9.19. The lowest BCUT2D eigenvalue weighted by Crippen LogP contribution is -2.18. The summed E-state index contributed by atoms with van der Waals surface area (Å²) in [6.07, 6.45) is 0. The van der Waals surface area contributed by atoms with Crippen LogP contribution in [-0.2, 0) is 6.54 Å². The summed E-state index contributed by atoms with van der Waals surface area (Å²) >= 11 is 0. The van der Waals surface area contributed by atoms with E-state index in [4.69, 9.17) is 9.47 Å². The fourth-order valence-corrected chi connectivity index (χ4v) is 3.13. The third-order valence-electron chi connectivity index (χ3n) is 4.79.